The lowest BCUT2D eigenvalue weighted by Crippen LogP contribution is -2.12. The molecule has 2 nitrogen and oxygen atoms in total. The second-order valence-electron chi connectivity index (χ2n) is 5.96. The maximum Gasteiger partial charge on any atom is 0.0543 e. The summed E-state index contributed by atoms with van der Waals surface area (Å²) < 4.78 is 0. The summed E-state index contributed by atoms with van der Waals surface area (Å²) in [6, 6.07) is 14.7. The summed E-state index contributed by atoms with van der Waals surface area (Å²) in [6.07, 6.45) is 6.73. The fourth-order valence-corrected chi connectivity index (χ4v) is 3.49. The van der Waals surface area contributed by atoms with Crippen molar-refractivity contribution >= 4 is 31.5 Å². The molecule has 0 saturated heterocycles. The molecular formula is C20H17N2P. The smallest absolute Gasteiger partial charge is 0.0543 e. The second-order valence-corrected chi connectivity index (χ2v) is 6.63. The fraction of sp³-hybridized carbons (Fsp3) is 0.0500. The van der Waals surface area contributed by atoms with Gasteiger partial charge in [-0.1, -0.05) is 36.4 Å². The Morgan fingerprint density at radius 3 is 2.57 bits per heavy atom. The average molecular weight is 316 g/mol. The van der Waals surface area contributed by atoms with Crippen LogP contribution in [0.1, 0.15) is 16.7 Å². The van der Waals surface area contributed by atoms with Crippen LogP contribution in [0.3, 0.4) is 0 Å². The molecule has 0 amide bonds. The van der Waals surface area contributed by atoms with Crippen molar-refractivity contribution in [2.45, 2.75) is 6.42 Å². The van der Waals surface area contributed by atoms with Gasteiger partial charge < -0.3 is 11.1 Å². The highest BCUT2D eigenvalue weighted by molar-refractivity contribution is 7.27. The van der Waals surface area contributed by atoms with Crippen molar-refractivity contribution in [2.24, 2.45) is 0 Å². The first-order valence-corrected chi connectivity index (χ1v) is 8.16. The van der Waals surface area contributed by atoms with Gasteiger partial charge in [0.15, 0.2) is 0 Å². The van der Waals surface area contributed by atoms with E-state index < -0.39 is 0 Å². The third-order valence-electron chi connectivity index (χ3n) is 4.35. The molecule has 1 atom stereocenters. The summed E-state index contributed by atoms with van der Waals surface area (Å²) in [5.74, 6) is 0. The lowest BCUT2D eigenvalue weighted by molar-refractivity contribution is 1.13. The molecular weight excluding hydrogens is 299 g/mol. The van der Waals surface area contributed by atoms with Gasteiger partial charge in [0.1, 0.15) is 0 Å². The third-order valence-corrected chi connectivity index (χ3v) is 4.74. The molecule has 0 aromatic heterocycles. The van der Waals surface area contributed by atoms with Crippen molar-refractivity contribution in [2.75, 3.05) is 5.73 Å². The van der Waals surface area contributed by atoms with Crippen molar-refractivity contribution in [1.82, 2.24) is 0 Å². The topological polar surface area (TPSA) is 49.9 Å². The molecule has 112 valence electrons. The molecule has 0 radical (unpaired) electrons. The number of hydrogen-bond donors (Lipinski definition) is 2. The summed E-state index contributed by atoms with van der Waals surface area (Å²) >= 11 is 0. The van der Waals surface area contributed by atoms with E-state index in [0.717, 1.165) is 12.1 Å². The quantitative estimate of drug-likeness (QED) is 0.612. The molecule has 2 aromatic carbocycles. The Morgan fingerprint density at radius 1 is 1.00 bits per heavy atom. The molecule has 0 fully saturated rings. The van der Waals surface area contributed by atoms with Crippen LogP contribution in [0, 0.1) is 5.41 Å². The SMILES string of the molecule is N=C1C=CC2=C(c3ccc(P)cc3)c3ccc(N)cc3CC2=C1. The van der Waals surface area contributed by atoms with Crippen LogP contribution in [0.15, 0.2) is 71.8 Å². The van der Waals surface area contributed by atoms with Gasteiger partial charge >= 0.3 is 0 Å². The fourth-order valence-electron chi connectivity index (χ4n) is 3.30. The van der Waals surface area contributed by atoms with Crippen LogP contribution in [0.25, 0.3) is 5.57 Å². The Hall–Kier alpha value is -2.44. The van der Waals surface area contributed by atoms with Crippen molar-refractivity contribution < 1.29 is 0 Å². The van der Waals surface area contributed by atoms with E-state index in [1.165, 1.54) is 38.7 Å². The standard InChI is InChI=1S/C20H17N2P/c21-15-3-7-18-13(10-15)9-14-11-16(22)4-8-19(14)20(18)12-1-5-17(23)6-2-12/h1-8,10-11,21H,9,22-23H2. The van der Waals surface area contributed by atoms with E-state index in [1.54, 1.807) is 0 Å². The van der Waals surface area contributed by atoms with Crippen LogP contribution < -0.4 is 11.0 Å². The Labute approximate surface area is 138 Å². The van der Waals surface area contributed by atoms with Gasteiger partial charge in [0.2, 0.25) is 0 Å². The van der Waals surface area contributed by atoms with Crippen LogP contribution in [-0.4, -0.2) is 5.71 Å². The minimum atomic E-state index is 0.552. The lowest BCUT2D eigenvalue weighted by Gasteiger charge is -2.27. The third kappa shape index (κ3) is 2.46. The molecule has 0 spiro atoms. The molecule has 4 rings (SSSR count). The number of allylic oxidation sites excluding steroid dienone is 5. The molecule has 2 aromatic rings. The summed E-state index contributed by atoms with van der Waals surface area (Å²) in [6.45, 7) is 0. The number of fused-ring (bicyclic) bond motifs is 2. The predicted octanol–water partition coefficient (Wildman–Crippen LogP) is 3.64. The number of nitrogen functional groups attached to an aromatic ring is 1. The Morgan fingerprint density at radius 2 is 1.78 bits per heavy atom. The zero-order valence-electron chi connectivity index (χ0n) is 12.6. The van der Waals surface area contributed by atoms with E-state index in [1.807, 2.05) is 18.2 Å². The van der Waals surface area contributed by atoms with Crippen molar-refractivity contribution in [3.63, 3.8) is 0 Å². The molecule has 2 aliphatic carbocycles. The van der Waals surface area contributed by atoms with E-state index in [4.69, 9.17) is 11.1 Å². The summed E-state index contributed by atoms with van der Waals surface area (Å²) in [5.41, 5.74) is 14.6. The maximum absolute atomic E-state index is 7.92. The van der Waals surface area contributed by atoms with Gasteiger partial charge in [0.05, 0.1) is 5.71 Å². The van der Waals surface area contributed by atoms with Crippen molar-refractivity contribution in [1.29, 1.82) is 5.41 Å². The zero-order chi connectivity index (χ0) is 16.0. The Kier molecular flexibility index (Phi) is 3.28. The molecule has 3 N–H and O–H groups in total. The van der Waals surface area contributed by atoms with E-state index in [2.05, 4.69) is 51.7 Å². The summed E-state index contributed by atoms with van der Waals surface area (Å²) in [5, 5.41) is 9.09. The average Bonchev–Trinajstić information content (AvgIpc) is 2.53. The van der Waals surface area contributed by atoms with Gasteiger partial charge in [-0.05, 0) is 69.4 Å². The van der Waals surface area contributed by atoms with Crippen molar-refractivity contribution in [3.8, 4) is 0 Å². The summed E-state index contributed by atoms with van der Waals surface area (Å²) in [7, 11) is 2.72. The first-order chi connectivity index (χ1) is 11.1. The number of hydrogen-bond acceptors (Lipinski definition) is 2. The summed E-state index contributed by atoms with van der Waals surface area (Å²) in [4.78, 5) is 0. The van der Waals surface area contributed by atoms with E-state index in [9.17, 15) is 0 Å². The van der Waals surface area contributed by atoms with Gasteiger partial charge in [-0.25, -0.2) is 0 Å². The van der Waals surface area contributed by atoms with Crippen LogP contribution in [-0.2, 0) is 6.42 Å². The van der Waals surface area contributed by atoms with Crippen LogP contribution >= 0.6 is 9.24 Å². The monoisotopic (exact) mass is 316 g/mol. The van der Waals surface area contributed by atoms with Crippen LogP contribution in [0.4, 0.5) is 5.69 Å². The largest absolute Gasteiger partial charge is 0.399 e. The maximum atomic E-state index is 7.92. The van der Waals surface area contributed by atoms with E-state index in [0.29, 0.717) is 5.71 Å². The predicted molar refractivity (Wildman–Crippen MR) is 101 cm³/mol. The van der Waals surface area contributed by atoms with Crippen LogP contribution in [0.2, 0.25) is 0 Å². The van der Waals surface area contributed by atoms with Gasteiger partial charge in [-0.15, -0.1) is 9.24 Å². The molecule has 0 heterocycles. The zero-order valence-corrected chi connectivity index (χ0v) is 13.8. The minimum Gasteiger partial charge on any atom is -0.399 e. The number of benzene rings is 2. The van der Waals surface area contributed by atoms with Gasteiger partial charge in [0.25, 0.3) is 0 Å². The Balaban J connectivity index is 2.01. The first-order valence-electron chi connectivity index (χ1n) is 7.58. The molecule has 0 bridgehead atoms. The highest BCUT2D eigenvalue weighted by atomic mass is 31.0. The molecule has 3 heteroatoms. The van der Waals surface area contributed by atoms with Gasteiger partial charge in [-0.3, -0.25) is 0 Å². The molecule has 0 saturated carbocycles. The van der Waals surface area contributed by atoms with E-state index in [-0.39, 0.29) is 0 Å². The number of anilines is 1. The molecule has 2 aliphatic rings. The second kappa shape index (κ2) is 5.33. The van der Waals surface area contributed by atoms with E-state index >= 15 is 0 Å². The highest BCUT2D eigenvalue weighted by Crippen LogP contribution is 2.40. The molecule has 1 unspecified atom stereocenters. The normalized spacial score (nSPS) is 16.0. The van der Waals surface area contributed by atoms with Gasteiger partial charge in [0, 0.05) is 5.69 Å². The Bertz CT molecular complexity index is 915. The molecule has 23 heavy (non-hydrogen) atoms. The molecule has 0 aliphatic heterocycles. The lowest BCUT2D eigenvalue weighted by atomic mass is 9.77. The van der Waals surface area contributed by atoms with Crippen LogP contribution in [0.5, 0.6) is 0 Å². The minimum absolute atomic E-state index is 0.552. The number of nitrogens with one attached hydrogen (secondary N) is 1. The number of nitrogens with two attached hydrogens (primary N) is 1. The highest BCUT2D eigenvalue weighted by Gasteiger charge is 2.24. The first kappa shape index (κ1) is 14.2. The number of rotatable bonds is 1. The van der Waals surface area contributed by atoms with Gasteiger partial charge in [-0.2, -0.15) is 0 Å². The van der Waals surface area contributed by atoms with Crippen molar-refractivity contribution in [3.05, 3.63) is 88.5 Å².